The predicted molar refractivity (Wildman–Crippen MR) is 72.5 cm³/mol. The Kier molecular flexibility index (Phi) is 3.75. The fourth-order valence-corrected chi connectivity index (χ4v) is 1.81. The first-order valence-electron chi connectivity index (χ1n) is 5.85. The number of carbonyl (C=O) groups is 1. The number of hydrogen-bond acceptors (Lipinski definition) is 3. The molecule has 7 heteroatoms. The largest absolute Gasteiger partial charge is 0.478 e. The van der Waals surface area contributed by atoms with Crippen LogP contribution in [0, 0.1) is 0 Å². The third-order valence-corrected chi connectivity index (χ3v) is 2.79. The van der Waals surface area contributed by atoms with E-state index in [-0.39, 0.29) is 22.6 Å². The number of halogens is 3. The number of nitrogen functional groups attached to an aromatic ring is 1. The number of nitrogens with two attached hydrogens (primary N) is 1. The number of carboxylic acid groups (broad SMARTS) is 1. The van der Waals surface area contributed by atoms with Crippen molar-refractivity contribution in [1.82, 2.24) is 0 Å². The normalized spacial score (nSPS) is 11.2. The van der Waals surface area contributed by atoms with E-state index in [9.17, 15) is 18.0 Å². The molecule has 21 heavy (non-hydrogen) atoms. The standard InChI is InChI=1S/C14H11F3N2O2/c15-14(16,17)8-3-1-4-9(7-8)19-12-10(13(20)21)5-2-6-11(12)18/h1-7,19H,18H2,(H,20,21). The number of nitrogens with one attached hydrogen (secondary N) is 1. The van der Waals surface area contributed by atoms with Crippen molar-refractivity contribution in [3.8, 4) is 0 Å². The van der Waals surface area contributed by atoms with E-state index in [1.54, 1.807) is 0 Å². The van der Waals surface area contributed by atoms with Crippen molar-refractivity contribution in [3.63, 3.8) is 0 Å². The highest BCUT2D eigenvalue weighted by Gasteiger charge is 2.30. The van der Waals surface area contributed by atoms with Crippen molar-refractivity contribution in [2.24, 2.45) is 0 Å². The van der Waals surface area contributed by atoms with Gasteiger partial charge in [-0.05, 0) is 30.3 Å². The first-order chi connectivity index (χ1) is 9.79. The van der Waals surface area contributed by atoms with Crippen LogP contribution in [0.4, 0.5) is 30.2 Å². The van der Waals surface area contributed by atoms with Crippen LogP contribution in [0.25, 0.3) is 0 Å². The molecule has 2 aromatic carbocycles. The molecule has 0 atom stereocenters. The van der Waals surface area contributed by atoms with E-state index in [2.05, 4.69) is 5.32 Å². The third kappa shape index (κ3) is 3.25. The monoisotopic (exact) mass is 296 g/mol. The summed E-state index contributed by atoms with van der Waals surface area (Å²) in [6.45, 7) is 0. The van der Waals surface area contributed by atoms with Gasteiger partial charge < -0.3 is 16.2 Å². The van der Waals surface area contributed by atoms with Crippen LogP contribution < -0.4 is 11.1 Å². The van der Waals surface area contributed by atoms with Gasteiger partial charge in [0.05, 0.1) is 22.5 Å². The first kappa shape index (κ1) is 14.7. The van der Waals surface area contributed by atoms with Crippen LogP contribution in [-0.2, 0) is 6.18 Å². The first-order valence-corrected chi connectivity index (χ1v) is 5.85. The molecule has 0 amide bonds. The minimum absolute atomic E-state index is 0.0596. The van der Waals surface area contributed by atoms with Crippen LogP contribution in [0.15, 0.2) is 42.5 Å². The third-order valence-electron chi connectivity index (χ3n) is 2.79. The van der Waals surface area contributed by atoms with Crippen molar-refractivity contribution in [1.29, 1.82) is 0 Å². The maximum absolute atomic E-state index is 12.6. The summed E-state index contributed by atoms with van der Waals surface area (Å²) in [5.74, 6) is -1.23. The summed E-state index contributed by atoms with van der Waals surface area (Å²) in [7, 11) is 0. The van der Waals surface area contributed by atoms with E-state index in [4.69, 9.17) is 10.8 Å². The highest BCUT2D eigenvalue weighted by atomic mass is 19.4. The van der Waals surface area contributed by atoms with E-state index in [1.165, 1.54) is 30.3 Å². The SMILES string of the molecule is Nc1cccc(C(=O)O)c1Nc1cccc(C(F)(F)F)c1. The lowest BCUT2D eigenvalue weighted by molar-refractivity contribution is -0.137. The second-order valence-corrected chi connectivity index (χ2v) is 4.28. The van der Waals surface area contributed by atoms with Gasteiger partial charge in [-0.2, -0.15) is 13.2 Å². The van der Waals surface area contributed by atoms with Gasteiger partial charge in [-0.25, -0.2) is 4.79 Å². The number of aromatic carboxylic acids is 1. The maximum Gasteiger partial charge on any atom is 0.416 e. The van der Waals surface area contributed by atoms with Crippen LogP contribution in [0.3, 0.4) is 0 Å². The Morgan fingerprint density at radius 3 is 2.43 bits per heavy atom. The molecule has 0 saturated carbocycles. The number of benzene rings is 2. The maximum atomic E-state index is 12.6. The molecule has 0 aromatic heterocycles. The van der Waals surface area contributed by atoms with Gasteiger partial charge in [-0.1, -0.05) is 12.1 Å². The average molecular weight is 296 g/mol. The van der Waals surface area contributed by atoms with Crippen molar-refractivity contribution in [2.75, 3.05) is 11.1 Å². The lowest BCUT2D eigenvalue weighted by Crippen LogP contribution is -2.08. The molecule has 0 saturated heterocycles. The molecule has 2 rings (SSSR count). The quantitative estimate of drug-likeness (QED) is 0.754. The topological polar surface area (TPSA) is 75.4 Å². The van der Waals surface area contributed by atoms with Gasteiger partial charge in [0.25, 0.3) is 0 Å². The second kappa shape index (κ2) is 5.35. The Hall–Kier alpha value is -2.70. The van der Waals surface area contributed by atoms with Crippen LogP contribution in [0.5, 0.6) is 0 Å². The fraction of sp³-hybridized carbons (Fsp3) is 0.0714. The molecule has 0 spiro atoms. The highest BCUT2D eigenvalue weighted by molar-refractivity contribution is 5.98. The molecule has 4 nitrogen and oxygen atoms in total. The molecule has 0 unspecified atom stereocenters. The van der Waals surface area contributed by atoms with Crippen LogP contribution in [-0.4, -0.2) is 11.1 Å². The van der Waals surface area contributed by atoms with E-state index in [0.29, 0.717) is 0 Å². The highest BCUT2D eigenvalue weighted by Crippen LogP contribution is 2.33. The minimum atomic E-state index is -4.48. The van der Waals surface area contributed by atoms with Gasteiger partial charge in [-0.3, -0.25) is 0 Å². The average Bonchev–Trinajstić information content (AvgIpc) is 2.40. The van der Waals surface area contributed by atoms with E-state index >= 15 is 0 Å². The van der Waals surface area contributed by atoms with Crippen molar-refractivity contribution in [3.05, 3.63) is 53.6 Å². The smallest absolute Gasteiger partial charge is 0.416 e. The van der Waals surface area contributed by atoms with E-state index in [0.717, 1.165) is 12.1 Å². The summed E-state index contributed by atoms with van der Waals surface area (Å²) in [6, 6.07) is 8.67. The fourth-order valence-electron chi connectivity index (χ4n) is 1.81. The van der Waals surface area contributed by atoms with Gasteiger partial charge in [0.15, 0.2) is 0 Å². The molecule has 0 radical (unpaired) electrons. The lowest BCUT2D eigenvalue weighted by atomic mass is 10.1. The zero-order valence-electron chi connectivity index (χ0n) is 10.6. The summed E-state index contributed by atoms with van der Waals surface area (Å²) < 4.78 is 37.9. The van der Waals surface area contributed by atoms with Gasteiger partial charge in [0.1, 0.15) is 0 Å². The Balaban J connectivity index is 2.42. The van der Waals surface area contributed by atoms with Crippen LogP contribution in [0.1, 0.15) is 15.9 Å². The van der Waals surface area contributed by atoms with Crippen molar-refractivity contribution >= 4 is 23.0 Å². The molecule has 0 fully saturated rings. The second-order valence-electron chi connectivity index (χ2n) is 4.28. The molecule has 0 heterocycles. The lowest BCUT2D eigenvalue weighted by Gasteiger charge is -2.14. The number of anilines is 3. The summed E-state index contributed by atoms with van der Waals surface area (Å²) in [5, 5.41) is 11.7. The predicted octanol–water partition coefficient (Wildman–Crippen LogP) is 3.73. The Morgan fingerprint density at radius 1 is 1.14 bits per heavy atom. The van der Waals surface area contributed by atoms with E-state index < -0.39 is 17.7 Å². The minimum Gasteiger partial charge on any atom is -0.478 e. The van der Waals surface area contributed by atoms with Gasteiger partial charge in [0, 0.05) is 5.69 Å². The number of hydrogen-bond donors (Lipinski definition) is 3. The van der Waals surface area contributed by atoms with Gasteiger partial charge >= 0.3 is 12.1 Å². The molecule has 0 aliphatic heterocycles. The summed E-state index contributed by atoms with van der Waals surface area (Å²) in [5.41, 5.74) is 5.02. The van der Waals surface area contributed by atoms with Crippen molar-refractivity contribution in [2.45, 2.75) is 6.18 Å². The number of alkyl halides is 3. The zero-order chi connectivity index (χ0) is 15.6. The van der Waals surface area contributed by atoms with Crippen molar-refractivity contribution < 1.29 is 23.1 Å². The summed E-state index contributed by atoms with van der Waals surface area (Å²) >= 11 is 0. The van der Waals surface area contributed by atoms with Crippen LogP contribution >= 0.6 is 0 Å². The zero-order valence-corrected chi connectivity index (χ0v) is 10.6. The van der Waals surface area contributed by atoms with Gasteiger partial charge in [0.2, 0.25) is 0 Å². The Labute approximate surface area is 118 Å². The molecular weight excluding hydrogens is 285 g/mol. The molecule has 0 aliphatic rings. The van der Waals surface area contributed by atoms with E-state index in [1.807, 2.05) is 0 Å². The Morgan fingerprint density at radius 2 is 1.81 bits per heavy atom. The van der Waals surface area contributed by atoms with Gasteiger partial charge in [-0.15, -0.1) is 0 Å². The molecular formula is C14H11F3N2O2. The van der Waals surface area contributed by atoms with Crippen LogP contribution in [0.2, 0.25) is 0 Å². The number of carboxylic acids is 1. The summed E-state index contributed by atoms with van der Waals surface area (Å²) in [4.78, 5) is 11.1. The molecule has 0 aliphatic carbocycles. The number of rotatable bonds is 3. The molecule has 0 bridgehead atoms. The molecule has 110 valence electrons. The summed E-state index contributed by atoms with van der Waals surface area (Å²) in [6.07, 6.45) is -4.48. The molecule has 2 aromatic rings. The Bertz CT molecular complexity index is 684. The molecule has 4 N–H and O–H groups in total. The number of para-hydroxylation sites is 1.